The van der Waals surface area contributed by atoms with Gasteiger partial charge in [0.05, 0.1) is 6.20 Å². The van der Waals surface area contributed by atoms with Gasteiger partial charge in [0.1, 0.15) is 4.90 Å². The van der Waals surface area contributed by atoms with Crippen LogP contribution >= 0.6 is 0 Å². The minimum atomic E-state index is -3.48. The summed E-state index contributed by atoms with van der Waals surface area (Å²) in [7, 11) is -1.79. The lowest BCUT2D eigenvalue weighted by atomic mass is 9.94. The van der Waals surface area contributed by atoms with Gasteiger partial charge in [-0.15, -0.1) is 0 Å². The van der Waals surface area contributed by atoms with Crippen LogP contribution < -0.4 is 5.73 Å². The fraction of sp³-hybridized carbons (Fsp3) is 0.727. The molecule has 104 valence electrons. The Morgan fingerprint density at radius 1 is 1.50 bits per heavy atom. The van der Waals surface area contributed by atoms with Gasteiger partial charge in [0.25, 0.3) is 0 Å². The molecule has 1 rings (SSSR count). The topological polar surface area (TPSA) is 81.2 Å². The standard InChI is InChI=1S/C11H22N4O2S/c1-5-15(9-11(2,3)8-12)18(16,17)10-6-13-14(4)7-10/h6-7H,5,8-9,12H2,1-4H3. The maximum Gasteiger partial charge on any atom is 0.246 e. The molecule has 1 aromatic heterocycles. The molecular formula is C11H22N4O2S. The minimum Gasteiger partial charge on any atom is -0.330 e. The van der Waals surface area contributed by atoms with E-state index in [1.54, 1.807) is 7.05 Å². The third-order valence-electron chi connectivity index (χ3n) is 2.83. The van der Waals surface area contributed by atoms with Gasteiger partial charge in [-0.2, -0.15) is 9.40 Å². The number of sulfonamides is 1. The van der Waals surface area contributed by atoms with Crippen molar-refractivity contribution in [1.82, 2.24) is 14.1 Å². The molecule has 0 spiro atoms. The second kappa shape index (κ2) is 5.38. The van der Waals surface area contributed by atoms with Crippen LogP contribution in [0.5, 0.6) is 0 Å². The minimum absolute atomic E-state index is 0.222. The van der Waals surface area contributed by atoms with Crippen LogP contribution in [0.4, 0.5) is 0 Å². The average Bonchev–Trinajstić information content (AvgIpc) is 2.73. The van der Waals surface area contributed by atoms with Crippen molar-refractivity contribution in [2.45, 2.75) is 25.7 Å². The van der Waals surface area contributed by atoms with Crippen molar-refractivity contribution in [3.63, 3.8) is 0 Å². The number of nitrogens with zero attached hydrogens (tertiary/aromatic N) is 3. The molecule has 18 heavy (non-hydrogen) atoms. The summed E-state index contributed by atoms with van der Waals surface area (Å²) in [6.45, 7) is 6.98. The summed E-state index contributed by atoms with van der Waals surface area (Å²) in [5.74, 6) is 0. The van der Waals surface area contributed by atoms with Crippen LogP contribution in [-0.2, 0) is 17.1 Å². The first-order valence-corrected chi connectivity index (χ1v) is 7.36. The summed E-state index contributed by atoms with van der Waals surface area (Å²) < 4.78 is 27.7. The van der Waals surface area contributed by atoms with E-state index < -0.39 is 10.0 Å². The number of aromatic nitrogens is 2. The van der Waals surface area contributed by atoms with Gasteiger partial charge in [0.2, 0.25) is 10.0 Å². The van der Waals surface area contributed by atoms with Crippen LogP contribution in [0.2, 0.25) is 0 Å². The Hall–Kier alpha value is -0.920. The molecule has 0 aromatic carbocycles. The lowest BCUT2D eigenvalue weighted by Gasteiger charge is -2.29. The third kappa shape index (κ3) is 3.30. The van der Waals surface area contributed by atoms with Crippen molar-refractivity contribution >= 4 is 10.0 Å². The normalized spacial score (nSPS) is 13.2. The second-order valence-electron chi connectivity index (χ2n) is 5.15. The highest BCUT2D eigenvalue weighted by Crippen LogP contribution is 2.21. The van der Waals surface area contributed by atoms with Crippen LogP contribution in [0.1, 0.15) is 20.8 Å². The zero-order valence-electron chi connectivity index (χ0n) is 11.4. The van der Waals surface area contributed by atoms with Gasteiger partial charge in [-0.1, -0.05) is 20.8 Å². The van der Waals surface area contributed by atoms with Crippen LogP contribution in [0, 0.1) is 5.41 Å². The van der Waals surface area contributed by atoms with Crippen molar-refractivity contribution in [3.05, 3.63) is 12.4 Å². The van der Waals surface area contributed by atoms with Crippen molar-refractivity contribution in [3.8, 4) is 0 Å². The smallest absolute Gasteiger partial charge is 0.246 e. The van der Waals surface area contributed by atoms with Crippen molar-refractivity contribution in [2.75, 3.05) is 19.6 Å². The Morgan fingerprint density at radius 2 is 2.11 bits per heavy atom. The van der Waals surface area contributed by atoms with Crippen LogP contribution in [0.25, 0.3) is 0 Å². The summed E-state index contributed by atoms with van der Waals surface area (Å²) in [5.41, 5.74) is 5.41. The van der Waals surface area contributed by atoms with E-state index in [9.17, 15) is 8.42 Å². The Balaban J connectivity index is 3.01. The van der Waals surface area contributed by atoms with E-state index in [2.05, 4.69) is 5.10 Å². The molecule has 0 unspecified atom stereocenters. The van der Waals surface area contributed by atoms with Crippen molar-refractivity contribution in [1.29, 1.82) is 0 Å². The highest BCUT2D eigenvalue weighted by atomic mass is 32.2. The molecule has 0 amide bonds. The molecule has 0 saturated heterocycles. The third-order valence-corrected chi connectivity index (χ3v) is 4.70. The van der Waals surface area contributed by atoms with Gasteiger partial charge < -0.3 is 5.73 Å². The highest BCUT2D eigenvalue weighted by molar-refractivity contribution is 7.89. The summed E-state index contributed by atoms with van der Waals surface area (Å²) in [6.07, 6.45) is 2.88. The Bertz CT molecular complexity index is 493. The van der Waals surface area contributed by atoms with Gasteiger partial charge in [-0.05, 0) is 12.0 Å². The zero-order valence-corrected chi connectivity index (χ0v) is 12.2. The molecule has 0 aliphatic rings. The Kier molecular flexibility index (Phi) is 4.52. The number of hydrogen-bond acceptors (Lipinski definition) is 4. The van der Waals surface area contributed by atoms with Crippen LogP contribution in [0.3, 0.4) is 0 Å². The molecule has 0 radical (unpaired) electrons. The molecule has 6 nitrogen and oxygen atoms in total. The molecule has 0 bridgehead atoms. The van der Waals surface area contributed by atoms with Gasteiger partial charge in [-0.25, -0.2) is 8.42 Å². The fourth-order valence-corrected chi connectivity index (χ4v) is 3.21. The molecule has 0 aliphatic heterocycles. The molecule has 0 saturated carbocycles. The van der Waals surface area contributed by atoms with Crippen molar-refractivity contribution in [2.24, 2.45) is 18.2 Å². The predicted molar refractivity (Wildman–Crippen MR) is 70.5 cm³/mol. The molecule has 7 heteroatoms. The second-order valence-corrected chi connectivity index (χ2v) is 7.09. The largest absolute Gasteiger partial charge is 0.330 e. The van der Waals surface area contributed by atoms with Gasteiger partial charge >= 0.3 is 0 Å². The average molecular weight is 274 g/mol. The lowest BCUT2D eigenvalue weighted by Crippen LogP contribution is -2.41. The number of rotatable bonds is 6. The SMILES string of the molecule is CCN(CC(C)(C)CN)S(=O)(=O)c1cnn(C)c1. The molecule has 0 atom stereocenters. The molecule has 1 aromatic rings. The van der Waals surface area contributed by atoms with Crippen LogP contribution in [-0.4, -0.2) is 42.1 Å². The van der Waals surface area contributed by atoms with Gasteiger partial charge in [0.15, 0.2) is 0 Å². The van der Waals surface area contributed by atoms with E-state index in [0.29, 0.717) is 19.6 Å². The maximum absolute atomic E-state index is 12.4. The van der Waals surface area contributed by atoms with Gasteiger partial charge in [-0.3, -0.25) is 4.68 Å². The van der Waals surface area contributed by atoms with E-state index in [1.807, 2.05) is 20.8 Å². The maximum atomic E-state index is 12.4. The predicted octanol–water partition coefficient (Wildman–Crippen LogP) is 0.416. The summed E-state index contributed by atoms with van der Waals surface area (Å²) in [4.78, 5) is 0.222. The monoisotopic (exact) mass is 274 g/mol. The summed E-state index contributed by atoms with van der Waals surface area (Å²) >= 11 is 0. The van der Waals surface area contributed by atoms with E-state index in [1.165, 1.54) is 21.4 Å². The lowest BCUT2D eigenvalue weighted by molar-refractivity contribution is 0.273. The van der Waals surface area contributed by atoms with Crippen LogP contribution in [0.15, 0.2) is 17.3 Å². The molecular weight excluding hydrogens is 252 g/mol. The van der Waals surface area contributed by atoms with E-state index >= 15 is 0 Å². The highest BCUT2D eigenvalue weighted by Gasteiger charge is 2.29. The van der Waals surface area contributed by atoms with Gasteiger partial charge in [0, 0.05) is 26.3 Å². The van der Waals surface area contributed by atoms with E-state index in [4.69, 9.17) is 5.73 Å². The first-order chi connectivity index (χ1) is 8.23. The fourth-order valence-electron chi connectivity index (χ4n) is 1.59. The quantitative estimate of drug-likeness (QED) is 0.815. The first kappa shape index (κ1) is 15.1. The number of aryl methyl sites for hydroxylation is 1. The summed E-state index contributed by atoms with van der Waals surface area (Å²) in [5, 5.41) is 3.90. The first-order valence-electron chi connectivity index (χ1n) is 5.92. The molecule has 1 heterocycles. The molecule has 0 aliphatic carbocycles. The molecule has 2 N–H and O–H groups in total. The van der Waals surface area contributed by atoms with E-state index in [-0.39, 0.29) is 10.3 Å². The molecule has 0 fully saturated rings. The number of hydrogen-bond donors (Lipinski definition) is 1. The summed E-state index contributed by atoms with van der Waals surface area (Å²) in [6, 6.07) is 0. The Labute approximate surface area is 109 Å². The van der Waals surface area contributed by atoms with Crippen molar-refractivity contribution < 1.29 is 8.42 Å². The number of nitrogens with two attached hydrogens (primary N) is 1. The van der Waals surface area contributed by atoms with E-state index in [0.717, 1.165) is 0 Å². The Morgan fingerprint density at radius 3 is 2.50 bits per heavy atom. The zero-order chi connectivity index (χ0) is 14.0.